The van der Waals surface area contributed by atoms with E-state index in [0.717, 1.165) is 0 Å². The molecule has 0 rings (SSSR count). The highest BCUT2D eigenvalue weighted by Gasteiger charge is 2.23. The van der Waals surface area contributed by atoms with Crippen molar-refractivity contribution in [2.75, 3.05) is 27.3 Å². The topological polar surface area (TPSA) is 78.9 Å². The van der Waals surface area contributed by atoms with E-state index in [1.807, 2.05) is 20.8 Å². The molecule has 0 aromatic heterocycles. The Hall–Kier alpha value is -1.30. The number of ether oxygens (including phenoxy) is 1. The summed E-state index contributed by atoms with van der Waals surface area (Å²) < 4.78 is 4.73. The summed E-state index contributed by atoms with van der Waals surface area (Å²) in [6.07, 6.45) is 0. The largest absolute Gasteiger partial charge is 0.480 e. The molecule has 0 aliphatic carbocycles. The first-order valence-electron chi connectivity index (χ1n) is 5.40. The maximum absolute atomic E-state index is 11.7. The van der Waals surface area contributed by atoms with E-state index in [0.29, 0.717) is 6.54 Å². The minimum absolute atomic E-state index is 0.0356. The number of nitrogens with one attached hydrogen (secondary N) is 1. The second kappa shape index (κ2) is 6.44. The number of carboxylic acid groups (broad SMARTS) is 1. The molecule has 0 aromatic carbocycles. The van der Waals surface area contributed by atoms with Crippen LogP contribution in [-0.2, 0) is 9.53 Å². The minimum atomic E-state index is -1.11. The molecule has 0 bridgehead atoms. The molecule has 0 radical (unpaired) electrons. The van der Waals surface area contributed by atoms with E-state index in [9.17, 15) is 9.59 Å². The van der Waals surface area contributed by atoms with Gasteiger partial charge in [-0.1, -0.05) is 20.8 Å². The van der Waals surface area contributed by atoms with E-state index >= 15 is 0 Å². The summed E-state index contributed by atoms with van der Waals surface area (Å²) in [6.45, 7) is 6.49. The van der Waals surface area contributed by atoms with Gasteiger partial charge in [-0.3, -0.25) is 0 Å². The van der Waals surface area contributed by atoms with Crippen molar-refractivity contribution in [2.24, 2.45) is 5.41 Å². The van der Waals surface area contributed by atoms with Gasteiger partial charge in [0.1, 0.15) is 0 Å². The van der Waals surface area contributed by atoms with Gasteiger partial charge in [0.2, 0.25) is 0 Å². The zero-order valence-electron chi connectivity index (χ0n) is 11.1. The first kappa shape index (κ1) is 15.7. The number of rotatable bonds is 5. The Balaban J connectivity index is 4.35. The van der Waals surface area contributed by atoms with Gasteiger partial charge in [0.15, 0.2) is 6.04 Å². The molecule has 0 fully saturated rings. The number of amides is 2. The Kier molecular flexibility index (Phi) is 5.95. The van der Waals surface area contributed by atoms with Crippen molar-refractivity contribution in [1.29, 1.82) is 0 Å². The molecule has 0 heterocycles. The summed E-state index contributed by atoms with van der Waals surface area (Å²) in [4.78, 5) is 24.0. The normalized spacial score (nSPS) is 13.0. The second-order valence-electron chi connectivity index (χ2n) is 5.21. The molecule has 2 amide bonds. The average Bonchev–Trinajstić information content (AvgIpc) is 2.13. The van der Waals surface area contributed by atoms with Crippen molar-refractivity contribution in [3.05, 3.63) is 0 Å². The van der Waals surface area contributed by atoms with Crippen LogP contribution in [0.25, 0.3) is 0 Å². The predicted octanol–water partition coefficient (Wildman–Crippen LogP) is 0.773. The third-order valence-corrected chi connectivity index (χ3v) is 1.99. The van der Waals surface area contributed by atoms with Crippen LogP contribution in [0.15, 0.2) is 0 Å². The van der Waals surface area contributed by atoms with E-state index in [1.54, 1.807) is 7.05 Å². The number of carbonyl (C=O) groups excluding carboxylic acids is 1. The van der Waals surface area contributed by atoms with Crippen LogP contribution in [-0.4, -0.2) is 55.4 Å². The summed E-state index contributed by atoms with van der Waals surface area (Å²) in [5.41, 5.74) is -0.0356. The van der Waals surface area contributed by atoms with Gasteiger partial charge >= 0.3 is 12.0 Å². The van der Waals surface area contributed by atoms with Crippen molar-refractivity contribution in [3.63, 3.8) is 0 Å². The molecule has 100 valence electrons. The van der Waals surface area contributed by atoms with Crippen LogP contribution in [0.3, 0.4) is 0 Å². The fourth-order valence-electron chi connectivity index (χ4n) is 1.38. The van der Waals surface area contributed by atoms with E-state index in [4.69, 9.17) is 9.84 Å². The average molecular weight is 246 g/mol. The Morgan fingerprint density at radius 1 is 1.41 bits per heavy atom. The molecule has 17 heavy (non-hydrogen) atoms. The van der Waals surface area contributed by atoms with Gasteiger partial charge in [-0.15, -0.1) is 0 Å². The maximum atomic E-state index is 11.7. The molecule has 0 aromatic rings. The molecule has 6 heteroatoms. The Bertz CT molecular complexity index is 273. The lowest BCUT2D eigenvalue weighted by molar-refractivity contribution is -0.140. The minimum Gasteiger partial charge on any atom is -0.480 e. The summed E-state index contributed by atoms with van der Waals surface area (Å²) in [5, 5.41) is 11.3. The SMILES string of the molecule is COCC(NC(=O)N(C)CC(C)(C)C)C(=O)O. The number of carboxylic acids is 1. The van der Waals surface area contributed by atoms with E-state index in [2.05, 4.69) is 5.32 Å². The van der Waals surface area contributed by atoms with E-state index in [1.165, 1.54) is 12.0 Å². The third-order valence-electron chi connectivity index (χ3n) is 1.99. The number of urea groups is 1. The number of aliphatic carboxylic acids is 1. The zero-order valence-corrected chi connectivity index (χ0v) is 11.1. The maximum Gasteiger partial charge on any atom is 0.328 e. The van der Waals surface area contributed by atoms with Crippen LogP contribution < -0.4 is 5.32 Å². The van der Waals surface area contributed by atoms with Crippen LogP contribution in [0, 0.1) is 5.41 Å². The van der Waals surface area contributed by atoms with E-state index in [-0.39, 0.29) is 12.0 Å². The smallest absolute Gasteiger partial charge is 0.328 e. The molecule has 1 atom stereocenters. The predicted molar refractivity (Wildman–Crippen MR) is 63.9 cm³/mol. The monoisotopic (exact) mass is 246 g/mol. The van der Waals surface area contributed by atoms with Gasteiger partial charge < -0.3 is 20.1 Å². The summed E-state index contributed by atoms with van der Waals surface area (Å²) in [5.74, 6) is -1.11. The molecule has 0 aliphatic rings. The van der Waals surface area contributed by atoms with Crippen molar-refractivity contribution in [2.45, 2.75) is 26.8 Å². The quantitative estimate of drug-likeness (QED) is 0.751. The summed E-state index contributed by atoms with van der Waals surface area (Å²) in [7, 11) is 3.02. The van der Waals surface area contributed by atoms with Gasteiger partial charge in [-0.05, 0) is 5.41 Å². The van der Waals surface area contributed by atoms with Gasteiger partial charge in [0.05, 0.1) is 6.61 Å². The lowest BCUT2D eigenvalue weighted by Gasteiger charge is -2.27. The number of methoxy groups -OCH3 is 1. The molecule has 2 N–H and O–H groups in total. The molecule has 6 nitrogen and oxygen atoms in total. The van der Waals surface area contributed by atoms with Crippen LogP contribution in [0.1, 0.15) is 20.8 Å². The van der Waals surface area contributed by atoms with Crippen molar-refractivity contribution in [3.8, 4) is 0 Å². The van der Waals surface area contributed by atoms with Crippen LogP contribution in [0.5, 0.6) is 0 Å². The van der Waals surface area contributed by atoms with E-state index < -0.39 is 18.0 Å². The van der Waals surface area contributed by atoms with Gasteiger partial charge in [0.25, 0.3) is 0 Å². The van der Waals surface area contributed by atoms with Crippen molar-refractivity contribution in [1.82, 2.24) is 10.2 Å². The highest BCUT2D eigenvalue weighted by molar-refractivity contribution is 5.82. The number of hydrogen-bond donors (Lipinski definition) is 2. The Labute approximate surface area is 102 Å². The summed E-state index contributed by atoms with van der Waals surface area (Å²) >= 11 is 0. The Morgan fingerprint density at radius 3 is 2.29 bits per heavy atom. The number of nitrogens with zero attached hydrogens (tertiary/aromatic N) is 1. The molecular weight excluding hydrogens is 224 g/mol. The molecule has 1 unspecified atom stereocenters. The molecule has 0 saturated carbocycles. The van der Waals surface area contributed by atoms with Crippen molar-refractivity contribution < 1.29 is 19.4 Å². The lowest BCUT2D eigenvalue weighted by Crippen LogP contribution is -2.50. The first-order chi connectivity index (χ1) is 7.67. The third kappa shape index (κ3) is 6.78. The van der Waals surface area contributed by atoms with Crippen LogP contribution >= 0.6 is 0 Å². The fraction of sp³-hybridized carbons (Fsp3) is 0.818. The Morgan fingerprint density at radius 2 is 1.94 bits per heavy atom. The van der Waals surface area contributed by atoms with Gasteiger partial charge in [-0.25, -0.2) is 9.59 Å². The molecular formula is C11H22N2O4. The van der Waals surface area contributed by atoms with Crippen molar-refractivity contribution >= 4 is 12.0 Å². The van der Waals surface area contributed by atoms with Crippen LogP contribution in [0.2, 0.25) is 0 Å². The van der Waals surface area contributed by atoms with Gasteiger partial charge in [-0.2, -0.15) is 0 Å². The number of hydrogen-bond acceptors (Lipinski definition) is 3. The molecule has 0 aliphatic heterocycles. The molecule has 0 spiro atoms. The standard InChI is InChI=1S/C11H22N2O4/c1-11(2,3)7-13(4)10(16)12-8(6-17-5)9(14)15/h8H,6-7H2,1-5H3,(H,12,16)(H,14,15). The second-order valence-corrected chi connectivity index (χ2v) is 5.21. The fourth-order valence-corrected chi connectivity index (χ4v) is 1.38. The lowest BCUT2D eigenvalue weighted by atomic mass is 9.96. The highest BCUT2D eigenvalue weighted by atomic mass is 16.5. The summed E-state index contributed by atoms with van der Waals surface area (Å²) in [6, 6.07) is -1.43. The highest BCUT2D eigenvalue weighted by Crippen LogP contribution is 2.14. The zero-order chi connectivity index (χ0) is 13.6. The number of carbonyl (C=O) groups is 2. The van der Waals surface area contributed by atoms with Crippen LogP contribution in [0.4, 0.5) is 4.79 Å². The first-order valence-corrected chi connectivity index (χ1v) is 5.40. The molecule has 0 saturated heterocycles. The van der Waals surface area contributed by atoms with Gasteiger partial charge in [0, 0.05) is 20.7 Å².